The van der Waals surface area contributed by atoms with Crippen molar-refractivity contribution in [2.45, 2.75) is 47.1 Å². The molecule has 2 aromatic heterocycles. The molecule has 0 bridgehead atoms. The van der Waals surface area contributed by atoms with E-state index in [2.05, 4.69) is 62.8 Å². The van der Waals surface area contributed by atoms with Crippen molar-refractivity contribution >= 4 is 45.0 Å². The Hall–Kier alpha value is -1.96. The lowest BCUT2D eigenvalue weighted by atomic mass is 10.2. The molecule has 0 fully saturated rings. The number of benzene rings is 1. The third-order valence-electron chi connectivity index (χ3n) is 5.22. The van der Waals surface area contributed by atoms with Crippen LogP contribution >= 0.6 is 23.7 Å². The van der Waals surface area contributed by atoms with Crippen LogP contribution in [0.5, 0.6) is 0 Å². The van der Waals surface area contributed by atoms with Crippen LogP contribution in [0.1, 0.15) is 56.7 Å². The molecule has 0 aliphatic heterocycles. The zero-order valence-corrected chi connectivity index (χ0v) is 20.1. The molecule has 8 heteroatoms. The van der Waals surface area contributed by atoms with E-state index in [-0.39, 0.29) is 24.4 Å². The Morgan fingerprint density at radius 2 is 1.87 bits per heavy atom. The number of halogens is 1. The molecular weight excluding hydrogens is 418 g/mol. The molecule has 1 aromatic carbocycles. The topological polar surface area (TPSA) is 54.3 Å². The van der Waals surface area contributed by atoms with Gasteiger partial charge in [-0.05, 0) is 57.1 Å². The van der Waals surface area contributed by atoms with Crippen LogP contribution in [0.15, 0.2) is 30.5 Å². The van der Waals surface area contributed by atoms with Gasteiger partial charge >= 0.3 is 0 Å². The van der Waals surface area contributed by atoms with E-state index in [1.807, 2.05) is 10.9 Å². The van der Waals surface area contributed by atoms with E-state index in [4.69, 9.17) is 4.98 Å². The first kappa shape index (κ1) is 24.3. The molecule has 0 radical (unpaired) electrons. The van der Waals surface area contributed by atoms with Crippen molar-refractivity contribution in [1.82, 2.24) is 19.7 Å². The van der Waals surface area contributed by atoms with Gasteiger partial charge in [0.05, 0.1) is 10.2 Å². The second kappa shape index (κ2) is 10.9. The lowest BCUT2D eigenvalue weighted by Crippen LogP contribution is -2.39. The summed E-state index contributed by atoms with van der Waals surface area (Å²) in [6, 6.07) is 8.36. The monoisotopic (exact) mass is 449 g/mol. The molecule has 3 rings (SSSR count). The van der Waals surface area contributed by atoms with Gasteiger partial charge in [-0.25, -0.2) is 4.98 Å². The number of rotatable bonds is 9. The van der Waals surface area contributed by atoms with Crippen LogP contribution in [0.25, 0.3) is 10.2 Å². The van der Waals surface area contributed by atoms with Crippen LogP contribution in [0.4, 0.5) is 5.13 Å². The Balaban J connectivity index is 0.00000320. The first-order chi connectivity index (χ1) is 14.0. The second-order valence-corrected chi connectivity index (χ2v) is 8.42. The minimum absolute atomic E-state index is 0. The highest BCUT2D eigenvalue weighted by molar-refractivity contribution is 7.22. The maximum Gasteiger partial charge on any atom is 0.280 e. The van der Waals surface area contributed by atoms with E-state index in [1.54, 1.807) is 22.3 Å². The summed E-state index contributed by atoms with van der Waals surface area (Å²) in [6.45, 7) is 13.9. The van der Waals surface area contributed by atoms with Gasteiger partial charge in [0.2, 0.25) is 0 Å². The fourth-order valence-corrected chi connectivity index (χ4v) is 4.29. The number of carbonyl (C=O) groups excluding carboxylic acids is 1. The molecule has 0 aliphatic rings. The van der Waals surface area contributed by atoms with Crippen molar-refractivity contribution in [2.75, 3.05) is 31.1 Å². The molecule has 0 unspecified atom stereocenters. The Bertz CT molecular complexity index is 964. The number of thiazole rings is 1. The fraction of sp³-hybridized carbons (Fsp3) is 0.500. The van der Waals surface area contributed by atoms with E-state index in [9.17, 15) is 4.79 Å². The van der Waals surface area contributed by atoms with Gasteiger partial charge in [-0.2, -0.15) is 5.10 Å². The molecule has 0 aliphatic carbocycles. The van der Waals surface area contributed by atoms with Crippen LogP contribution in [-0.2, 0) is 6.42 Å². The fourth-order valence-electron chi connectivity index (χ4n) is 3.24. The lowest BCUT2D eigenvalue weighted by Gasteiger charge is -2.24. The number of amides is 1. The molecule has 0 N–H and O–H groups in total. The summed E-state index contributed by atoms with van der Waals surface area (Å²) >= 11 is 1.58. The number of carbonyl (C=O) groups is 1. The maximum absolute atomic E-state index is 13.4. The first-order valence-electron chi connectivity index (χ1n) is 10.5. The molecule has 0 atom stereocenters. The number of hydrogen-bond donors (Lipinski definition) is 0. The molecule has 0 saturated heterocycles. The minimum atomic E-state index is -0.0914. The molecule has 0 spiro atoms. The number of aryl methyl sites for hydroxylation is 1. The van der Waals surface area contributed by atoms with Crippen LogP contribution < -0.4 is 4.90 Å². The van der Waals surface area contributed by atoms with Crippen molar-refractivity contribution in [3.05, 3.63) is 41.7 Å². The average Bonchev–Trinajstić information content (AvgIpc) is 3.37. The van der Waals surface area contributed by atoms with Gasteiger partial charge in [0.15, 0.2) is 10.8 Å². The molecule has 164 valence electrons. The summed E-state index contributed by atoms with van der Waals surface area (Å²) in [4.78, 5) is 22.3. The van der Waals surface area contributed by atoms with Gasteiger partial charge in [0.1, 0.15) is 0 Å². The van der Waals surface area contributed by atoms with Gasteiger partial charge in [-0.3, -0.25) is 14.4 Å². The minimum Gasteiger partial charge on any atom is -0.302 e. The van der Waals surface area contributed by atoms with Crippen molar-refractivity contribution in [3.8, 4) is 0 Å². The van der Waals surface area contributed by atoms with Crippen molar-refractivity contribution in [2.24, 2.45) is 0 Å². The van der Waals surface area contributed by atoms with Crippen molar-refractivity contribution in [1.29, 1.82) is 0 Å². The standard InChI is InChI=1S/C22H31N5OS.ClH/c1-6-17-9-10-18-20(15-17)29-22(23-18)26(14-13-25(7-2)8-3)21(28)19-11-12-27(24-19)16(4)5;/h9-12,15-16H,6-8,13-14H2,1-5H3;1H. The van der Waals surface area contributed by atoms with Gasteiger partial charge < -0.3 is 4.90 Å². The number of anilines is 1. The molecule has 3 aromatic rings. The summed E-state index contributed by atoms with van der Waals surface area (Å²) in [5, 5.41) is 5.23. The highest BCUT2D eigenvalue weighted by Crippen LogP contribution is 2.30. The number of nitrogens with zero attached hydrogens (tertiary/aromatic N) is 5. The number of aromatic nitrogens is 3. The van der Waals surface area contributed by atoms with E-state index in [1.165, 1.54) is 5.56 Å². The van der Waals surface area contributed by atoms with Crippen LogP contribution in [0.3, 0.4) is 0 Å². The predicted octanol–water partition coefficient (Wildman–Crippen LogP) is 5.05. The molecule has 6 nitrogen and oxygen atoms in total. The average molecular weight is 450 g/mol. The number of likely N-dealkylation sites (N-methyl/N-ethyl adjacent to an activating group) is 1. The highest BCUT2D eigenvalue weighted by Gasteiger charge is 2.24. The smallest absolute Gasteiger partial charge is 0.280 e. The molecule has 2 heterocycles. The third-order valence-corrected chi connectivity index (χ3v) is 6.26. The van der Waals surface area contributed by atoms with Crippen LogP contribution in [0.2, 0.25) is 0 Å². The van der Waals surface area contributed by atoms with Gasteiger partial charge in [-0.1, -0.05) is 38.2 Å². The summed E-state index contributed by atoms with van der Waals surface area (Å²) in [7, 11) is 0. The Morgan fingerprint density at radius 3 is 2.47 bits per heavy atom. The van der Waals surface area contributed by atoms with Gasteiger partial charge in [-0.15, -0.1) is 12.4 Å². The second-order valence-electron chi connectivity index (χ2n) is 7.41. The van der Waals surface area contributed by atoms with E-state index >= 15 is 0 Å². The van der Waals surface area contributed by atoms with E-state index < -0.39 is 0 Å². The Kier molecular flexibility index (Phi) is 8.82. The zero-order valence-electron chi connectivity index (χ0n) is 18.5. The summed E-state index contributed by atoms with van der Waals surface area (Å²) in [5.41, 5.74) is 2.69. The maximum atomic E-state index is 13.4. The third kappa shape index (κ3) is 5.39. The zero-order chi connectivity index (χ0) is 21.0. The molecular formula is C22H32ClN5OS. The molecule has 1 amide bonds. The normalized spacial score (nSPS) is 11.3. The quantitative estimate of drug-likeness (QED) is 0.458. The molecule has 0 saturated carbocycles. The number of hydrogen-bond acceptors (Lipinski definition) is 5. The molecule has 30 heavy (non-hydrogen) atoms. The Labute approximate surface area is 189 Å². The van der Waals surface area contributed by atoms with Gasteiger partial charge in [0.25, 0.3) is 5.91 Å². The summed E-state index contributed by atoms with van der Waals surface area (Å²) in [5.74, 6) is -0.0914. The Morgan fingerprint density at radius 1 is 1.13 bits per heavy atom. The largest absolute Gasteiger partial charge is 0.302 e. The first-order valence-corrected chi connectivity index (χ1v) is 11.3. The summed E-state index contributed by atoms with van der Waals surface area (Å²) < 4.78 is 2.94. The predicted molar refractivity (Wildman–Crippen MR) is 128 cm³/mol. The summed E-state index contributed by atoms with van der Waals surface area (Å²) in [6.07, 6.45) is 2.85. The van der Waals surface area contributed by atoms with Crippen LogP contribution in [-0.4, -0.2) is 51.8 Å². The van der Waals surface area contributed by atoms with Gasteiger partial charge in [0, 0.05) is 25.3 Å². The highest BCUT2D eigenvalue weighted by atomic mass is 35.5. The van der Waals surface area contributed by atoms with Crippen molar-refractivity contribution in [3.63, 3.8) is 0 Å². The van der Waals surface area contributed by atoms with E-state index in [0.717, 1.165) is 41.4 Å². The lowest BCUT2D eigenvalue weighted by molar-refractivity contribution is 0.0978. The SMILES string of the molecule is CCc1ccc2nc(N(CCN(CC)CC)C(=O)c3ccn(C(C)C)n3)sc2c1.Cl. The van der Waals surface area contributed by atoms with E-state index in [0.29, 0.717) is 12.2 Å². The van der Waals surface area contributed by atoms with Crippen molar-refractivity contribution < 1.29 is 4.79 Å². The van der Waals surface area contributed by atoms with Crippen LogP contribution in [0, 0.1) is 0 Å². The number of fused-ring (bicyclic) bond motifs is 1.